The maximum Gasteiger partial charge on any atom is 0.573 e. The molecule has 3 heterocycles. The molecule has 0 spiro atoms. The zero-order valence-electron chi connectivity index (χ0n) is 18.7. The van der Waals surface area contributed by atoms with E-state index in [4.69, 9.17) is 5.41 Å². The molecule has 0 amide bonds. The number of imidazole rings is 1. The van der Waals surface area contributed by atoms with Crippen LogP contribution in [0.5, 0.6) is 5.75 Å². The number of halogens is 3. The summed E-state index contributed by atoms with van der Waals surface area (Å²) in [5.41, 5.74) is 5.10. The highest BCUT2D eigenvalue weighted by Crippen LogP contribution is 2.25. The number of hydrogen-bond acceptors (Lipinski definition) is 5. The van der Waals surface area contributed by atoms with Gasteiger partial charge in [0.2, 0.25) is 0 Å². The van der Waals surface area contributed by atoms with Gasteiger partial charge in [-0.25, -0.2) is 4.98 Å². The molecule has 0 saturated carbocycles. The molecular formula is C24H23F3N6O. The summed E-state index contributed by atoms with van der Waals surface area (Å²) in [5.74, 6) is -0.282. The lowest BCUT2D eigenvalue weighted by atomic mass is 10.1. The number of hydrogen-bond donors (Lipinski definition) is 1. The molecule has 0 aliphatic rings. The van der Waals surface area contributed by atoms with E-state index in [0.29, 0.717) is 41.4 Å². The number of aryl methyl sites for hydroxylation is 1. The average molecular weight is 468 g/mol. The number of nitrogens with one attached hydrogen (secondary N) is 1. The lowest BCUT2D eigenvalue weighted by Crippen LogP contribution is -2.17. The van der Waals surface area contributed by atoms with Crippen molar-refractivity contribution in [3.8, 4) is 22.8 Å². The van der Waals surface area contributed by atoms with Crippen LogP contribution < -0.4 is 4.74 Å². The number of benzene rings is 1. The highest BCUT2D eigenvalue weighted by molar-refractivity contribution is 5.96. The highest BCUT2D eigenvalue weighted by Gasteiger charge is 2.31. The van der Waals surface area contributed by atoms with Crippen LogP contribution in [-0.4, -0.2) is 36.4 Å². The molecule has 1 N–H and O–H groups in total. The number of aromatic nitrogens is 5. The van der Waals surface area contributed by atoms with Gasteiger partial charge in [-0.2, -0.15) is 5.10 Å². The molecule has 0 bridgehead atoms. The lowest BCUT2D eigenvalue weighted by Gasteiger charge is -2.09. The average Bonchev–Trinajstić information content (AvgIpc) is 3.41. The van der Waals surface area contributed by atoms with Crippen molar-refractivity contribution in [1.82, 2.24) is 24.3 Å². The van der Waals surface area contributed by atoms with Crippen LogP contribution >= 0.6 is 0 Å². The van der Waals surface area contributed by atoms with Crippen molar-refractivity contribution in [2.75, 3.05) is 0 Å². The number of ether oxygens (including phenoxy) is 1. The molecule has 0 atom stereocenters. The second-order valence-electron chi connectivity index (χ2n) is 7.81. The Bertz CT molecular complexity index is 1290. The summed E-state index contributed by atoms with van der Waals surface area (Å²) in [6.07, 6.45) is 1.91. The summed E-state index contributed by atoms with van der Waals surface area (Å²) in [5, 5.41) is 12.8. The first kappa shape index (κ1) is 23.2. The molecule has 176 valence electrons. The van der Waals surface area contributed by atoms with E-state index in [1.54, 1.807) is 23.3 Å². The van der Waals surface area contributed by atoms with Crippen molar-refractivity contribution >= 4 is 5.71 Å². The smallest absolute Gasteiger partial charge is 0.406 e. The van der Waals surface area contributed by atoms with Gasteiger partial charge >= 0.3 is 6.36 Å². The van der Waals surface area contributed by atoms with Gasteiger partial charge in [0, 0.05) is 23.8 Å². The molecule has 1 aromatic carbocycles. The summed E-state index contributed by atoms with van der Waals surface area (Å²) in [6.45, 7) is 4.52. The zero-order chi connectivity index (χ0) is 24.3. The van der Waals surface area contributed by atoms with Gasteiger partial charge in [-0.15, -0.1) is 13.2 Å². The van der Waals surface area contributed by atoms with Crippen LogP contribution in [0.4, 0.5) is 13.2 Å². The first-order valence-corrected chi connectivity index (χ1v) is 10.7. The topological polar surface area (TPSA) is 81.6 Å². The van der Waals surface area contributed by atoms with E-state index in [1.165, 1.54) is 24.3 Å². The fraction of sp³-hybridized carbons (Fsp3) is 0.250. The Hall–Kier alpha value is -3.95. The molecule has 7 nitrogen and oxygen atoms in total. The molecule has 4 rings (SSSR count). The van der Waals surface area contributed by atoms with Crippen molar-refractivity contribution < 1.29 is 17.9 Å². The van der Waals surface area contributed by atoms with E-state index < -0.39 is 6.36 Å². The first-order chi connectivity index (χ1) is 16.2. The standard InChI is InChI=1S/C24H23F3N6O/c1-3-4-20(28)21-12-17(9-10-29-21)13-33-16(2)11-22(31-33)23-14-32(15-30-23)18-5-7-19(8-6-18)34-24(25,26)27/h5-12,14-15,28H,3-4,13H2,1-2H3. The maximum absolute atomic E-state index is 12.4. The molecule has 0 aliphatic carbocycles. The van der Waals surface area contributed by atoms with E-state index in [2.05, 4.69) is 19.8 Å². The van der Waals surface area contributed by atoms with Gasteiger partial charge < -0.3 is 14.7 Å². The van der Waals surface area contributed by atoms with E-state index in [-0.39, 0.29) is 5.75 Å². The predicted molar refractivity (Wildman–Crippen MR) is 121 cm³/mol. The third kappa shape index (κ3) is 5.51. The van der Waals surface area contributed by atoms with E-state index in [9.17, 15) is 13.2 Å². The minimum absolute atomic E-state index is 0.282. The summed E-state index contributed by atoms with van der Waals surface area (Å²) in [7, 11) is 0. The Labute approximate surface area is 194 Å². The molecule has 0 saturated heterocycles. The number of pyridine rings is 1. The van der Waals surface area contributed by atoms with Gasteiger partial charge in [0.1, 0.15) is 17.1 Å². The van der Waals surface area contributed by atoms with E-state index >= 15 is 0 Å². The minimum atomic E-state index is -4.73. The molecule has 0 radical (unpaired) electrons. The van der Waals surface area contributed by atoms with Crippen LogP contribution in [0.2, 0.25) is 0 Å². The summed E-state index contributed by atoms with van der Waals surface area (Å²) >= 11 is 0. The fourth-order valence-electron chi connectivity index (χ4n) is 3.50. The summed E-state index contributed by atoms with van der Waals surface area (Å²) in [6, 6.07) is 11.3. The molecular weight excluding hydrogens is 445 g/mol. The molecule has 4 aromatic rings. The zero-order valence-corrected chi connectivity index (χ0v) is 18.7. The normalized spacial score (nSPS) is 11.6. The van der Waals surface area contributed by atoms with Crippen molar-refractivity contribution in [2.24, 2.45) is 0 Å². The van der Waals surface area contributed by atoms with Crippen LogP contribution in [0.3, 0.4) is 0 Å². The van der Waals surface area contributed by atoms with Crippen LogP contribution in [0.15, 0.2) is 61.2 Å². The van der Waals surface area contributed by atoms with Crippen molar-refractivity contribution in [3.05, 3.63) is 78.1 Å². The van der Waals surface area contributed by atoms with Crippen molar-refractivity contribution in [3.63, 3.8) is 0 Å². The molecule has 0 aliphatic heterocycles. The Balaban J connectivity index is 1.50. The van der Waals surface area contributed by atoms with E-state index in [1.807, 2.05) is 36.7 Å². The Morgan fingerprint density at radius 3 is 2.53 bits per heavy atom. The van der Waals surface area contributed by atoms with Gasteiger partial charge in [-0.1, -0.05) is 13.3 Å². The second-order valence-corrected chi connectivity index (χ2v) is 7.81. The number of rotatable bonds is 8. The van der Waals surface area contributed by atoms with Gasteiger partial charge in [0.05, 0.1) is 24.3 Å². The molecule has 3 aromatic heterocycles. The highest BCUT2D eigenvalue weighted by atomic mass is 19.4. The molecule has 0 fully saturated rings. The predicted octanol–water partition coefficient (Wildman–Crippen LogP) is 5.55. The van der Waals surface area contributed by atoms with Crippen LogP contribution in [-0.2, 0) is 6.54 Å². The minimum Gasteiger partial charge on any atom is -0.406 e. The van der Waals surface area contributed by atoms with Crippen LogP contribution in [0.25, 0.3) is 17.1 Å². The molecule has 34 heavy (non-hydrogen) atoms. The first-order valence-electron chi connectivity index (χ1n) is 10.7. The van der Waals surface area contributed by atoms with Crippen LogP contribution in [0, 0.1) is 12.3 Å². The van der Waals surface area contributed by atoms with Crippen molar-refractivity contribution in [2.45, 2.75) is 39.6 Å². The van der Waals surface area contributed by atoms with Crippen molar-refractivity contribution in [1.29, 1.82) is 5.41 Å². The number of nitrogens with zero attached hydrogens (tertiary/aromatic N) is 5. The quantitative estimate of drug-likeness (QED) is 0.344. The van der Waals surface area contributed by atoms with Gasteiger partial charge in [-0.3, -0.25) is 9.67 Å². The maximum atomic E-state index is 12.4. The van der Waals surface area contributed by atoms with Gasteiger partial charge in [0.15, 0.2) is 0 Å². The molecule has 10 heteroatoms. The Kier molecular flexibility index (Phi) is 6.49. The Morgan fingerprint density at radius 1 is 1.06 bits per heavy atom. The third-order valence-electron chi connectivity index (χ3n) is 5.16. The van der Waals surface area contributed by atoms with E-state index in [0.717, 1.165) is 17.7 Å². The van der Waals surface area contributed by atoms with Gasteiger partial charge in [-0.05, 0) is 61.4 Å². The Morgan fingerprint density at radius 2 is 1.82 bits per heavy atom. The van der Waals surface area contributed by atoms with Crippen LogP contribution in [0.1, 0.15) is 36.7 Å². The monoisotopic (exact) mass is 468 g/mol. The van der Waals surface area contributed by atoms with Gasteiger partial charge in [0.25, 0.3) is 0 Å². The number of alkyl halides is 3. The third-order valence-corrected chi connectivity index (χ3v) is 5.16. The summed E-state index contributed by atoms with van der Waals surface area (Å²) < 4.78 is 44.5. The largest absolute Gasteiger partial charge is 0.573 e. The summed E-state index contributed by atoms with van der Waals surface area (Å²) in [4.78, 5) is 8.70. The SMILES string of the molecule is CCCC(=N)c1cc(Cn2nc(-c3cn(-c4ccc(OC(F)(F)F)cc4)cn3)cc2C)ccn1. The second kappa shape index (κ2) is 9.50. The fourth-order valence-corrected chi connectivity index (χ4v) is 3.50. The molecule has 0 unspecified atom stereocenters. The lowest BCUT2D eigenvalue weighted by molar-refractivity contribution is -0.274.